The maximum atomic E-state index is 7.39. The predicted molar refractivity (Wildman–Crippen MR) is 55.9 cm³/mol. The van der Waals surface area contributed by atoms with Gasteiger partial charge in [0.25, 0.3) is 5.22 Å². The molecule has 2 rings (SSSR count). The van der Waals surface area contributed by atoms with Crippen molar-refractivity contribution >= 4 is 17.6 Å². The van der Waals surface area contributed by atoms with E-state index < -0.39 is 0 Å². The van der Waals surface area contributed by atoms with E-state index in [0.717, 1.165) is 4.90 Å². The molecule has 2 heterocycles. The summed E-state index contributed by atoms with van der Waals surface area (Å²) in [6.07, 6.45) is 6.28. The molecule has 0 bridgehead atoms. The van der Waals surface area contributed by atoms with Crippen LogP contribution in [0.1, 0.15) is 5.56 Å². The fraction of sp³-hybridized carbons (Fsp3) is 0. The summed E-state index contributed by atoms with van der Waals surface area (Å²) in [5.41, 5.74) is 6.07. The zero-order valence-corrected chi connectivity index (χ0v) is 8.49. The number of nitrogens with two attached hydrogens (primary N) is 1. The highest BCUT2D eigenvalue weighted by molar-refractivity contribution is 7.99. The van der Waals surface area contributed by atoms with Crippen LogP contribution in [0.3, 0.4) is 0 Å². The largest absolute Gasteiger partial charge is 0.440 e. The van der Waals surface area contributed by atoms with Gasteiger partial charge in [-0.25, -0.2) is 4.98 Å². The summed E-state index contributed by atoms with van der Waals surface area (Å²) >= 11 is 1.29. The summed E-state index contributed by atoms with van der Waals surface area (Å²) in [5.74, 6) is 0.00598. The minimum Gasteiger partial charge on any atom is -0.440 e. The average molecular weight is 220 g/mol. The molecular weight excluding hydrogens is 212 g/mol. The normalized spacial score (nSPS) is 10.1. The van der Waals surface area contributed by atoms with Gasteiger partial charge < -0.3 is 10.2 Å². The Kier molecular flexibility index (Phi) is 2.68. The summed E-state index contributed by atoms with van der Waals surface area (Å²) < 4.78 is 5.08. The molecule has 0 atom stereocenters. The molecule has 5 nitrogen and oxygen atoms in total. The van der Waals surface area contributed by atoms with Crippen LogP contribution < -0.4 is 5.73 Å². The molecule has 0 saturated heterocycles. The Morgan fingerprint density at radius 3 is 3.00 bits per heavy atom. The predicted octanol–water partition coefficient (Wildman–Crippen LogP) is 1.50. The molecule has 76 valence electrons. The molecule has 2 aromatic rings. The second kappa shape index (κ2) is 4.14. The number of hydrogen-bond donors (Lipinski definition) is 2. The van der Waals surface area contributed by atoms with Crippen LogP contribution in [0.5, 0.6) is 0 Å². The second-order valence-electron chi connectivity index (χ2n) is 2.69. The summed E-state index contributed by atoms with van der Waals surface area (Å²) in [6, 6.07) is 1.69. The van der Waals surface area contributed by atoms with Crippen LogP contribution in [0.15, 0.2) is 45.5 Å². The molecule has 6 heteroatoms. The van der Waals surface area contributed by atoms with Crippen molar-refractivity contribution in [2.24, 2.45) is 5.73 Å². The molecule has 0 aliphatic carbocycles. The van der Waals surface area contributed by atoms with Gasteiger partial charge in [0, 0.05) is 22.9 Å². The summed E-state index contributed by atoms with van der Waals surface area (Å²) in [4.78, 5) is 8.69. The molecule has 0 aromatic carbocycles. The first-order valence-electron chi connectivity index (χ1n) is 4.13. The molecule has 0 spiro atoms. The van der Waals surface area contributed by atoms with Crippen LogP contribution in [0.25, 0.3) is 0 Å². The van der Waals surface area contributed by atoms with E-state index >= 15 is 0 Å². The molecule has 0 saturated carbocycles. The van der Waals surface area contributed by atoms with E-state index in [1.54, 1.807) is 24.7 Å². The van der Waals surface area contributed by atoms with Crippen LogP contribution in [-0.4, -0.2) is 15.8 Å². The Morgan fingerprint density at radius 1 is 1.47 bits per heavy atom. The van der Waals surface area contributed by atoms with Crippen LogP contribution >= 0.6 is 11.8 Å². The smallest absolute Gasteiger partial charge is 0.260 e. The maximum absolute atomic E-state index is 7.39. The van der Waals surface area contributed by atoms with Gasteiger partial charge in [-0.3, -0.25) is 10.4 Å². The molecule has 0 radical (unpaired) electrons. The van der Waals surface area contributed by atoms with Gasteiger partial charge in [-0.2, -0.15) is 0 Å². The molecule has 0 unspecified atom stereocenters. The van der Waals surface area contributed by atoms with Crippen molar-refractivity contribution in [1.29, 1.82) is 5.41 Å². The number of oxazole rings is 1. The van der Waals surface area contributed by atoms with Gasteiger partial charge >= 0.3 is 0 Å². The van der Waals surface area contributed by atoms with Crippen molar-refractivity contribution in [1.82, 2.24) is 9.97 Å². The van der Waals surface area contributed by atoms with Gasteiger partial charge in [0.1, 0.15) is 12.1 Å². The van der Waals surface area contributed by atoms with Crippen molar-refractivity contribution in [3.8, 4) is 0 Å². The van der Waals surface area contributed by atoms with E-state index in [1.165, 1.54) is 18.0 Å². The maximum Gasteiger partial charge on any atom is 0.260 e. The van der Waals surface area contributed by atoms with Gasteiger partial charge in [-0.15, -0.1) is 0 Å². The van der Waals surface area contributed by atoms with Crippen LogP contribution in [0.2, 0.25) is 0 Å². The molecule has 0 aliphatic rings. The summed E-state index contributed by atoms with van der Waals surface area (Å²) in [6.45, 7) is 0. The number of hydrogen-bond acceptors (Lipinski definition) is 5. The number of rotatable bonds is 3. The topological polar surface area (TPSA) is 88.8 Å². The van der Waals surface area contributed by atoms with Crippen LogP contribution in [-0.2, 0) is 0 Å². The lowest BCUT2D eigenvalue weighted by Crippen LogP contribution is -2.12. The fourth-order valence-electron chi connectivity index (χ4n) is 1.04. The standard InChI is InChI=1S/C9H8N4OS/c10-8(11)6-1-2-12-5-7(6)15-9-13-3-4-14-9/h1-5H,(H3,10,11). The number of nitrogens with one attached hydrogen (secondary N) is 1. The molecule has 0 amide bonds. The van der Waals surface area contributed by atoms with E-state index in [2.05, 4.69) is 9.97 Å². The first kappa shape index (κ1) is 9.72. The van der Waals surface area contributed by atoms with Crippen molar-refractivity contribution in [3.63, 3.8) is 0 Å². The lowest BCUT2D eigenvalue weighted by atomic mass is 10.2. The number of pyridine rings is 1. The van der Waals surface area contributed by atoms with Crippen molar-refractivity contribution in [2.45, 2.75) is 10.1 Å². The summed E-state index contributed by atoms with van der Waals surface area (Å²) in [5, 5.41) is 7.90. The Morgan fingerprint density at radius 2 is 2.33 bits per heavy atom. The fourth-order valence-corrected chi connectivity index (χ4v) is 1.85. The Bertz CT molecular complexity index is 469. The number of nitrogen functional groups attached to an aromatic ring is 1. The lowest BCUT2D eigenvalue weighted by Gasteiger charge is -2.03. The molecule has 3 N–H and O–H groups in total. The van der Waals surface area contributed by atoms with Crippen LogP contribution in [0, 0.1) is 5.41 Å². The van der Waals surface area contributed by atoms with E-state index in [1.807, 2.05) is 0 Å². The zero-order chi connectivity index (χ0) is 10.7. The third-order valence-corrected chi connectivity index (χ3v) is 2.60. The number of aromatic nitrogens is 2. The highest BCUT2D eigenvalue weighted by Gasteiger charge is 2.08. The van der Waals surface area contributed by atoms with E-state index in [4.69, 9.17) is 15.6 Å². The van der Waals surface area contributed by atoms with Crippen molar-refractivity contribution in [2.75, 3.05) is 0 Å². The first-order chi connectivity index (χ1) is 7.27. The molecule has 15 heavy (non-hydrogen) atoms. The Labute approximate surface area is 90.2 Å². The van der Waals surface area contributed by atoms with Gasteiger partial charge in [0.05, 0.1) is 6.20 Å². The molecule has 2 aromatic heterocycles. The van der Waals surface area contributed by atoms with E-state index in [9.17, 15) is 0 Å². The lowest BCUT2D eigenvalue weighted by molar-refractivity contribution is 0.454. The van der Waals surface area contributed by atoms with Crippen molar-refractivity contribution in [3.05, 3.63) is 36.5 Å². The molecule has 0 aliphatic heterocycles. The zero-order valence-electron chi connectivity index (χ0n) is 7.68. The van der Waals surface area contributed by atoms with Gasteiger partial charge in [0.15, 0.2) is 0 Å². The van der Waals surface area contributed by atoms with Gasteiger partial charge in [-0.05, 0) is 17.8 Å². The quantitative estimate of drug-likeness (QED) is 0.604. The van der Waals surface area contributed by atoms with E-state index in [-0.39, 0.29) is 5.84 Å². The summed E-state index contributed by atoms with van der Waals surface area (Å²) in [7, 11) is 0. The highest BCUT2D eigenvalue weighted by Crippen LogP contribution is 2.27. The minimum absolute atomic E-state index is 0.00598. The van der Waals surface area contributed by atoms with Crippen LogP contribution in [0.4, 0.5) is 0 Å². The Balaban J connectivity index is 2.32. The molecular formula is C9H8N4OS. The number of amidine groups is 1. The number of nitrogens with zero attached hydrogens (tertiary/aromatic N) is 2. The monoisotopic (exact) mass is 220 g/mol. The van der Waals surface area contributed by atoms with E-state index in [0.29, 0.717) is 10.8 Å². The highest BCUT2D eigenvalue weighted by atomic mass is 32.2. The second-order valence-corrected chi connectivity index (χ2v) is 3.68. The minimum atomic E-state index is 0.00598. The molecule has 0 fully saturated rings. The first-order valence-corrected chi connectivity index (χ1v) is 4.95. The van der Waals surface area contributed by atoms with Crippen molar-refractivity contribution < 1.29 is 4.42 Å². The third-order valence-electron chi connectivity index (χ3n) is 1.68. The average Bonchev–Trinajstić information content (AvgIpc) is 2.71. The third kappa shape index (κ3) is 2.16. The Hall–Kier alpha value is -1.82. The van der Waals surface area contributed by atoms with Gasteiger partial charge in [-0.1, -0.05) is 0 Å². The SMILES string of the molecule is N=C(N)c1ccncc1Sc1ncco1. The van der Waals surface area contributed by atoms with Gasteiger partial charge in [0.2, 0.25) is 0 Å².